The summed E-state index contributed by atoms with van der Waals surface area (Å²) in [6, 6.07) is 4.00. The van der Waals surface area contributed by atoms with Crippen molar-refractivity contribution in [3.05, 3.63) is 35.4 Å². The largest absolute Gasteiger partial charge is 0.481 e. The van der Waals surface area contributed by atoms with Crippen LogP contribution in [-0.2, 0) is 35.1 Å². The van der Waals surface area contributed by atoms with Gasteiger partial charge in [0, 0.05) is 36.8 Å². The lowest BCUT2D eigenvalue weighted by molar-refractivity contribution is -0.149. The molecule has 3 heterocycles. The molecule has 2 amide bonds. The van der Waals surface area contributed by atoms with Crippen molar-refractivity contribution in [1.29, 1.82) is 0 Å². The number of carboxylic acid groups (broad SMARTS) is 2. The monoisotopic (exact) mass is 718 g/mol. The second-order valence-electron chi connectivity index (χ2n) is 12.1. The van der Waals surface area contributed by atoms with Gasteiger partial charge in [-0.25, -0.2) is 4.99 Å². The summed E-state index contributed by atoms with van der Waals surface area (Å²) in [7, 11) is 0. The van der Waals surface area contributed by atoms with Gasteiger partial charge in [-0.3, -0.25) is 44.1 Å². The number of thiol groups is 1. The van der Waals surface area contributed by atoms with Crippen molar-refractivity contribution >= 4 is 65.8 Å². The Balaban J connectivity index is 1.32. The van der Waals surface area contributed by atoms with Gasteiger partial charge in [0.1, 0.15) is 24.4 Å². The molecule has 0 spiro atoms. The Hall–Kier alpha value is -4.56. The lowest BCUT2D eigenvalue weighted by Gasteiger charge is -2.26. The molecule has 9 N–H and O–H groups in total. The minimum absolute atomic E-state index is 0.0153. The van der Waals surface area contributed by atoms with E-state index in [1.807, 2.05) is 0 Å². The van der Waals surface area contributed by atoms with Crippen molar-refractivity contribution in [2.24, 2.45) is 32.5 Å². The van der Waals surface area contributed by atoms with E-state index in [2.05, 4.69) is 38.2 Å². The first-order valence-electron chi connectivity index (χ1n) is 15.6. The second kappa shape index (κ2) is 16.9. The third-order valence-electron chi connectivity index (χ3n) is 8.49. The lowest BCUT2D eigenvalue weighted by atomic mass is 9.92. The van der Waals surface area contributed by atoms with Crippen LogP contribution in [0.1, 0.15) is 48.0 Å². The van der Waals surface area contributed by atoms with Crippen molar-refractivity contribution in [3.63, 3.8) is 0 Å². The highest BCUT2D eigenvalue weighted by Crippen LogP contribution is 2.25. The van der Waals surface area contributed by atoms with E-state index < -0.39 is 109 Å². The van der Waals surface area contributed by atoms with E-state index in [0.29, 0.717) is 18.6 Å². The van der Waals surface area contributed by atoms with E-state index in [0.717, 1.165) is 5.56 Å². The number of ether oxygens (including phenoxy) is 1. The number of hydrogen-bond donors (Lipinski definition) is 9. The molecule has 1 aromatic rings. The Labute approximate surface area is 290 Å². The topological polar surface area (TPSA) is 300 Å². The number of aliphatic carboxylic acids is 2. The highest BCUT2D eigenvalue weighted by molar-refractivity contribution is 7.80. The summed E-state index contributed by atoms with van der Waals surface area (Å²) in [6.45, 7) is 0. The number of carbonyl (C=O) groups excluding carboxylic acids is 4. The number of aliphatic imine (C=N–C) groups is 3. The predicted molar refractivity (Wildman–Crippen MR) is 177 cm³/mol. The zero-order chi connectivity index (χ0) is 36.7. The molecule has 5 unspecified atom stereocenters. The number of nitrogens with zero attached hydrogens (tertiary/aromatic N) is 3. The van der Waals surface area contributed by atoms with Gasteiger partial charge in [-0.05, 0) is 24.8 Å². The average Bonchev–Trinajstić information content (AvgIpc) is 3.33. The lowest BCUT2D eigenvalue weighted by Crippen LogP contribution is -2.53. The molecule has 270 valence electrons. The summed E-state index contributed by atoms with van der Waals surface area (Å²) >= 11 is 3.91. The molecule has 1 aromatic carbocycles. The minimum Gasteiger partial charge on any atom is -0.481 e. The molecule has 0 aromatic heterocycles. The number of ketones is 2. The number of hydrogen-bond acceptors (Lipinski definition) is 15. The van der Waals surface area contributed by atoms with Crippen molar-refractivity contribution in [2.45, 2.75) is 81.4 Å². The number of aryl methyl sites for hydroxylation is 1. The fourth-order valence-electron chi connectivity index (χ4n) is 5.57. The third kappa shape index (κ3) is 9.57. The molecule has 0 bridgehead atoms. The standard InChI is InChI=1S/C31H38N6O12S/c32-31-36-26-22(27(43)37-31)34-17(11-33-26)7-3-13-1-4-14(5-2-13)18(38)9-15(28(44)45)6-8-20(40)35-21(19(39)10-16(12-50)29(46)47)25-23(41)24(42)30(48)49-25/h1-2,4-5,11,15-16,21-26,30,41-42,48,50H,3,6-10,12H2,(H,35,40)(H,44,45)(H,46,47)(H3,32,36,37,43)/t15-,16?,21?,22?,23-,24-,25?,26?,30+/m1/s1. The molecule has 3 aliphatic heterocycles. The number of carboxylic acids is 2. The van der Waals surface area contributed by atoms with Gasteiger partial charge in [-0.15, -0.1) is 0 Å². The fourth-order valence-corrected chi connectivity index (χ4v) is 5.85. The van der Waals surface area contributed by atoms with Gasteiger partial charge in [-0.1, -0.05) is 24.3 Å². The number of fused-ring (bicyclic) bond motifs is 1. The van der Waals surface area contributed by atoms with Crippen LogP contribution in [0.25, 0.3) is 0 Å². The first-order chi connectivity index (χ1) is 23.7. The van der Waals surface area contributed by atoms with Crippen LogP contribution >= 0.6 is 12.6 Å². The molecular weight excluding hydrogens is 680 g/mol. The van der Waals surface area contributed by atoms with E-state index >= 15 is 0 Å². The Morgan fingerprint density at radius 1 is 0.960 bits per heavy atom. The van der Waals surface area contributed by atoms with Crippen molar-refractivity contribution in [1.82, 2.24) is 10.6 Å². The molecule has 4 rings (SSSR count). The number of aliphatic hydroxyl groups excluding tert-OH is 3. The van der Waals surface area contributed by atoms with E-state index in [4.69, 9.17) is 10.5 Å². The van der Waals surface area contributed by atoms with Crippen LogP contribution in [0, 0.1) is 11.8 Å². The zero-order valence-electron chi connectivity index (χ0n) is 26.5. The maximum atomic E-state index is 13.0. The maximum absolute atomic E-state index is 13.0. The highest BCUT2D eigenvalue weighted by Gasteiger charge is 2.48. The summed E-state index contributed by atoms with van der Waals surface area (Å²) in [5.41, 5.74) is 7.23. The van der Waals surface area contributed by atoms with Crippen LogP contribution in [0.5, 0.6) is 0 Å². The van der Waals surface area contributed by atoms with Crippen LogP contribution in [0.2, 0.25) is 0 Å². The Kier molecular flexibility index (Phi) is 12.9. The summed E-state index contributed by atoms with van der Waals surface area (Å²) in [4.78, 5) is 87.2. The molecule has 50 heavy (non-hydrogen) atoms. The maximum Gasteiger partial charge on any atom is 0.307 e. The van der Waals surface area contributed by atoms with Gasteiger partial charge < -0.3 is 41.3 Å². The molecule has 19 heteroatoms. The number of carbonyl (C=O) groups is 6. The number of nitrogens with two attached hydrogens (primary N) is 1. The summed E-state index contributed by atoms with van der Waals surface area (Å²) in [5, 5.41) is 53.8. The molecule has 1 fully saturated rings. The molecule has 3 aliphatic rings. The zero-order valence-corrected chi connectivity index (χ0v) is 27.4. The normalized spacial score (nSPS) is 26.0. The Bertz CT molecular complexity index is 1580. The fraction of sp³-hybridized carbons (Fsp3) is 0.516. The quantitative estimate of drug-likeness (QED) is 0.0614. The molecule has 0 aliphatic carbocycles. The Morgan fingerprint density at radius 2 is 1.64 bits per heavy atom. The summed E-state index contributed by atoms with van der Waals surface area (Å²) in [6.07, 6.45) is -7.21. The Morgan fingerprint density at radius 3 is 2.24 bits per heavy atom. The molecule has 9 atom stereocenters. The number of benzene rings is 1. The number of rotatable bonds is 17. The number of amides is 2. The van der Waals surface area contributed by atoms with Gasteiger partial charge in [0.05, 0.1) is 17.5 Å². The number of aliphatic hydroxyl groups is 3. The number of guanidine groups is 1. The van der Waals surface area contributed by atoms with Crippen LogP contribution in [0.15, 0.2) is 39.2 Å². The molecular formula is C31H38N6O12S. The van der Waals surface area contributed by atoms with E-state index in [9.17, 15) is 54.3 Å². The minimum atomic E-state index is -1.88. The first-order valence-corrected chi connectivity index (χ1v) is 16.3. The van der Waals surface area contributed by atoms with E-state index in [-0.39, 0.29) is 23.7 Å². The predicted octanol–water partition coefficient (Wildman–Crippen LogP) is -2.15. The molecule has 0 saturated carbocycles. The van der Waals surface area contributed by atoms with Gasteiger partial charge in [-0.2, -0.15) is 12.6 Å². The molecule has 0 radical (unpaired) electrons. The van der Waals surface area contributed by atoms with Gasteiger partial charge in [0.2, 0.25) is 5.91 Å². The van der Waals surface area contributed by atoms with E-state index in [1.165, 1.54) is 6.21 Å². The van der Waals surface area contributed by atoms with Crippen LogP contribution in [0.4, 0.5) is 0 Å². The van der Waals surface area contributed by atoms with Crippen LogP contribution < -0.4 is 16.4 Å². The SMILES string of the molecule is NC1=NC2N=CC(CCc3ccc(C(=O)C[C@@H](CCC(=O)NC(C(=O)CC(CS)C(=O)O)C4O[C@H](O)[C@H](O)[C@H]4O)C(=O)O)cc3)=NC2C(=O)N1. The number of Topliss-reactive ketones (excluding diaryl/α,β-unsaturated/α-hetero) is 2. The van der Waals surface area contributed by atoms with Gasteiger partial charge >= 0.3 is 11.9 Å². The third-order valence-corrected chi connectivity index (χ3v) is 8.93. The van der Waals surface area contributed by atoms with E-state index in [1.54, 1.807) is 24.3 Å². The van der Waals surface area contributed by atoms with Crippen molar-refractivity contribution in [3.8, 4) is 0 Å². The van der Waals surface area contributed by atoms with Crippen LogP contribution in [-0.4, -0.2) is 127 Å². The second-order valence-corrected chi connectivity index (χ2v) is 12.4. The molecule has 1 saturated heterocycles. The van der Waals surface area contributed by atoms with Crippen LogP contribution in [0.3, 0.4) is 0 Å². The summed E-state index contributed by atoms with van der Waals surface area (Å²) in [5.74, 6) is -8.10. The van der Waals surface area contributed by atoms with Crippen molar-refractivity contribution < 1.29 is 59.0 Å². The smallest absolute Gasteiger partial charge is 0.307 e. The van der Waals surface area contributed by atoms with Gasteiger partial charge in [0.25, 0.3) is 5.91 Å². The van der Waals surface area contributed by atoms with Crippen molar-refractivity contribution in [2.75, 3.05) is 5.75 Å². The summed E-state index contributed by atoms with van der Waals surface area (Å²) < 4.78 is 5.07. The number of nitrogens with one attached hydrogen (secondary N) is 2. The van der Waals surface area contributed by atoms with Gasteiger partial charge in [0.15, 0.2) is 36.0 Å². The first kappa shape index (κ1) is 38.2. The molecule has 18 nitrogen and oxygen atoms in total. The highest BCUT2D eigenvalue weighted by atomic mass is 32.1. The average molecular weight is 719 g/mol.